The van der Waals surface area contributed by atoms with E-state index in [4.69, 9.17) is 5.84 Å². The van der Waals surface area contributed by atoms with Crippen LogP contribution in [0.1, 0.15) is 12.5 Å². The summed E-state index contributed by atoms with van der Waals surface area (Å²) in [5.74, 6) is 5.11. The molecule has 0 unspecified atom stereocenters. The molecular formula is C9H12N2. The molecule has 0 spiro atoms. The second-order valence-corrected chi connectivity index (χ2v) is 2.53. The molecule has 58 valence electrons. The van der Waals surface area contributed by atoms with Crippen LogP contribution in [-0.2, 0) is 6.42 Å². The maximum atomic E-state index is 5.11. The molecule has 2 nitrogen and oxygen atoms in total. The molecular weight excluding hydrogens is 136 g/mol. The molecule has 2 heteroatoms. The highest BCUT2D eigenvalue weighted by atomic mass is 15.1. The van der Waals surface area contributed by atoms with Gasteiger partial charge in [-0.15, -0.1) is 0 Å². The number of hydrogen-bond donors (Lipinski definition) is 1. The summed E-state index contributed by atoms with van der Waals surface area (Å²) in [6.07, 6.45) is 0.845. The van der Waals surface area contributed by atoms with Crippen molar-refractivity contribution in [2.45, 2.75) is 13.3 Å². The lowest BCUT2D eigenvalue weighted by Crippen LogP contribution is -2.00. The molecule has 11 heavy (non-hydrogen) atoms. The molecule has 0 radical (unpaired) electrons. The maximum absolute atomic E-state index is 5.11. The Morgan fingerprint density at radius 1 is 1.36 bits per heavy atom. The highest BCUT2D eigenvalue weighted by molar-refractivity contribution is 5.83. The van der Waals surface area contributed by atoms with Crippen molar-refractivity contribution in [1.82, 2.24) is 0 Å². The summed E-state index contributed by atoms with van der Waals surface area (Å²) in [5, 5.41) is 3.60. The SMILES string of the molecule is CC(Cc1ccccc1)=NN. The van der Waals surface area contributed by atoms with E-state index in [1.54, 1.807) is 0 Å². The van der Waals surface area contributed by atoms with Crippen molar-refractivity contribution in [3.05, 3.63) is 35.9 Å². The molecule has 1 rings (SSSR count). The van der Waals surface area contributed by atoms with Gasteiger partial charge in [-0.25, -0.2) is 0 Å². The van der Waals surface area contributed by atoms with Crippen LogP contribution in [-0.4, -0.2) is 5.71 Å². The van der Waals surface area contributed by atoms with E-state index in [9.17, 15) is 0 Å². The molecule has 0 atom stereocenters. The normalized spacial score (nSPS) is 11.5. The van der Waals surface area contributed by atoms with Gasteiger partial charge in [0, 0.05) is 12.1 Å². The highest BCUT2D eigenvalue weighted by Crippen LogP contribution is 1.99. The summed E-state index contributed by atoms with van der Waals surface area (Å²) in [6.45, 7) is 1.92. The van der Waals surface area contributed by atoms with Crippen LogP contribution in [0, 0.1) is 0 Å². The van der Waals surface area contributed by atoms with Gasteiger partial charge in [0.25, 0.3) is 0 Å². The molecule has 0 aliphatic carbocycles. The minimum Gasteiger partial charge on any atom is -0.323 e. The van der Waals surface area contributed by atoms with Crippen molar-refractivity contribution in [2.24, 2.45) is 10.9 Å². The fourth-order valence-corrected chi connectivity index (χ4v) is 0.937. The fraction of sp³-hybridized carbons (Fsp3) is 0.222. The van der Waals surface area contributed by atoms with Crippen LogP contribution >= 0.6 is 0 Å². The van der Waals surface area contributed by atoms with Crippen molar-refractivity contribution in [3.8, 4) is 0 Å². The Morgan fingerprint density at radius 3 is 2.55 bits per heavy atom. The number of nitrogens with two attached hydrogens (primary N) is 1. The van der Waals surface area contributed by atoms with Gasteiger partial charge in [-0.3, -0.25) is 0 Å². The third-order valence-corrected chi connectivity index (χ3v) is 1.52. The lowest BCUT2D eigenvalue weighted by atomic mass is 10.1. The van der Waals surface area contributed by atoms with Gasteiger partial charge in [0.2, 0.25) is 0 Å². The molecule has 1 aromatic carbocycles. The largest absolute Gasteiger partial charge is 0.323 e. The zero-order valence-corrected chi connectivity index (χ0v) is 6.62. The first-order chi connectivity index (χ1) is 5.33. The first kappa shape index (κ1) is 7.79. The Morgan fingerprint density at radius 2 is 2.00 bits per heavy atom. The number of nitrogens with zero attached hydrogens (tertiary/aromatic N) is 1. The zero-order valence-electron chi connectivity index (χ0n) is 6.62. The standard InChI is InChI=1S/C9H12N2/c1-8(11-10)7-9-5-3-2-4-6-9/h2-6H,7,10H2,1H3. The predicted molar refractivity (Wildman–Crippen MR) is 47.4 cm³/mol. The molecule has 1 aromatic rings. The molecule has 0 heterocycles. The Bertz CT molecular complexity index is 239. The molecule has 0 saturated carbocycles. The topological polar surface area (TPSA) is 38.4 Å². The molecule has 2 N–H and O–H groups in total. The molecule has 0 aliphatic heterocycles. The maximum Gasteiger partial charge on any atom is 0.0388 e. The monoisotopic (exact) mass is 148 g/mol. The second-order valence-electron chi connectivity index (χ2n) is 2.53. The van der Waals surface area contributed by atoms with E-state index in [1.165, 1.54) is 5.56 Å². The van der Waals surface area contributed by atoms with Crippen molar-refractivity contribution in [1.29, 1.82) is 0 Å². The third kappa shape index (κ3) is 2.42. The lowest BCUT2D eigenvalue weighted by molar-refractivity contribution is 1.18. The summed E-state index contributed by atoms with van der Waals surface area (Å²) < 4.78 is 0. The van der Waals surface area contributed by atoms with Gasteiger partial charge >= 0.3 is 0 Å². The molecule has 0 amide bonds. The van der Waals surface area contributed by atoms with Crippen LogP contribution in [0.2, 0.25) is 0 Å². The quantitative estimate of drug-likeness (QED) is 0.386. The van der Waals surface area contributed by atoms with Crippen molar-refractivity contribution < 1.29 is 0 Å². The van der Waals surface area contributed by atoms with Gasteiger partial charge < -0.3 is 5.84 Å². The van der Waals surface area contributed by atoms with E-state index in [0.717, 1.165) is 12.1 Å². The van der Waals surface area contributed by atoms with E-state index in [-0.39, 0.29) is 0 Å². The Kier molecular flexibility index (Phi) is 2.66. The first-order valence-corrected chi connectivity index (χ1v) is 3.60. The molecule has 0 fully saturated rings. The van der Waals surface area contributed by atoms with Crippen LogP contribution in [0.15, 0.2) is 35.4 Å². The number of hydrazone groups is 1. The molecule has 0 saturated heterocycles. The Balaban J connectivity index is 2.65. The van der Waals surface area contributed by atoms with Gasteiger partial charge in [0.05, 0.1) is 0 Å². The number of benzene rings is 1. The second kappa shape index (κ2) is 3.76. The van der Waals surface area contributed by atoms with Gasteiger partial charge in [-0.05, 0) is 12.5 Å². The summed E-state index contributed by atoms with van der Waals surface area (Å²) >= 11 is 0. The van der Waals surface area contributed by atoms with Crippen LogP contribution in [0.25, 0.3) is 0 Å². The Labute approximate surface area is 66.7 Å². The minimum absolute atomic E-state index is 0.845. The predicted octanol–water partition coefficient (Wildman–Crippen LogP) is 1.56. The van der Waals surface area contributed by atoms with Gasteiger partial charge in [-0.2, -0.15) is 5.10 Å². The minimum atomic E-state index is 0.845. The molecule has 0 aromatic heterocycles. The number of hydrogen-bond acceptors (Lipinski definition) is 2. The van der Waals surface area contributed by atoms with E-state index in [0.29, 0.717) is 0 Å². The average molecular weight is 148 g/mol. The molecule has 0 bridgehead atoms. The smallest absolute Gasteiger partial charge is 0.0388 e. The van der Waals surface area contributed by atoms with Crippen molar-refractivity contribution >= 4 is 5.71 Å². The van der Waals surface area contributed by atoms with E-state index >= 15 is 0 Å². The van der Waals surface area contributed by atoms with E-state index in [2.05, 4.69) is 17.2 Å². The summed E-state index contributed by atoms with van der Waals surface area (Å²) in [7, 11) is 0. The fourth-order valence-electron chi connectivity index (χ4n) is 0.937. The van der Waals surface area contributed by atoms with E-state index in [1.807, 2.05) is 25.1 Å². The van der Waals surface area contributed by atoms with Crippen LogP contribution in [0.5, 0.6) is 0 Å². The van der Waals surface area contributed by atoms with Gasteiger partial charge in [0.1, 0.15) is 0 Å². The van der Waals surface area contributed by atoms with Gasteiger partial charge in [0.15, 0.2) is 0 Å². The van der Waals surface area contributed by atoms with Crippen LogP contribution < -0.4 is 5.84 Å². The van der Waals surface area contributed by atoms with Crippen molar-refractivity contribution in [3.63, 3.8) is 0 Å². The first-order valence-electron chi connectivity index (χ1n) is 3.60. The third-order valence-electron chi connectivity index (χ3n) is 1.52. The van der Waals surface area contributed by atoms with E-state index < -0.39 is 0 Å². The summed E-state index contributed by atoms with van der Waals surface area (Å²) in [4.78, 5) is 0. The highest BCUT2D eigenvalue weighted by Gasteiger charge is 1.92. The van der Waals surface area contributed by atoms with Crippen LogP contribution in [0.3, 0.4) is 0 Å². The Hall–Kier alpha value is -1.31. The van der Waals surface area contributed by atoms with Crippen molar-refractivity contribution in [2.75, 3.05) is 0 Å². The summed E-state index contributed by atoms with van der Waals surface area (Å²) in [6, 6.07) is 10.2. The zero-order chi connectivity index (χ0) is 8.10. The van der Waals surface area contributed by atoms with Gasteiger partial charge in [-0.1, -0.05) is 30.3 Å². The molecule has 0 aliphatic rings. The van der Waals surface area contributed by atoms with Crippen LogP contribution in [0.4, 0.5) is 0 Å². The summed E-state index contributed by atoms with van der Waals surface area (Å²) in [5.41, 5.74) is 2.20. The average Bonchev–Trinajstić information content (AvgIpc) is 2.06. The lowest BCUT2D eigenvalue weighted by Gasteiger charge is -1.97. The number of rotatable bonds is 2.